The average Bonchev–Trinajstić information content (AvgIpc) is 2.76. The summed E-state index contributed by atoms with van der Waals surface area (Å²) in [5.41, 5.74) is 1.68. The van der Waals surface area contributed by atoms with Crippen LogP contribution in [0.5, 0.6) is 0 Å². The SMILES string of the molecule is Cc1ccc(C2(O)CCN(C(=O)[C@@H](c3cccnc3)N3CCOCC3)CC2)nc1. The fourth-order valence-electron chi connectivity index (χ4n) is 4.15. The summed E-state index contributed by atoms with van der Waals surface area (Å²) in [5.74, 6) is 0.0683. The molecule has 29 heavy (non-hydrogen) atoms. The van der Waals surface area contributed by atoms with Gasteiger partial charge in [-0.3, -0.25) is 19.7 Å². The minimum absolute atomic E-state index is 0.0683. The maximum Gasteiger partial charge on any atom is 0.244 e. The number of aryl methyl sites for hydroxylation is 1. The molecule has 2 aliphatic rings. The molecule has 0 spiro atoms. The Balaban J connectivity index is 1.49. The first-order chi connectivity index (χ1) is 14.1. The Bertz CT molecular complexity index is 814. The van der Waals surface area contributed by atoms with Gasteiger partial charge in [0, 0.05) is 44.8 Å². The molecule has 0 radical (unpaired) electrons. The van der Waals surface area contributed by atoms with E-state index in [2.05, 4.69) is 14.9 Å². The van der Waals surface area contributed by atoms with E-state index in [1.54, 1.807) is 18.6 Å². The van der Waals surface area contributed by atoms with E-state index in [1.807, 2.05) is 36.1 Å². The number of hydrogen-bond acceptors (Lipinski definition) is 6. The second-order valence-electron chi connectivity index (χ2n) is 7.91. The number of aliphatic hydroxyl groups is 1. The van der Waals surface area contributed by atoms with E-state index in [9.17, 15) is 9.90 Å². The Morgan fingerprint density at radius 1 is 1.14 bits per heavy atom. The third-order valence-electron chi connectivity index (χ3n) is 5.94. The number of carbonyl (C=O) groups excluding carboxylic acids is 1. The number of piperidine rings is 1. The summed E-state index contributed by atoms with van der Waals surface area (Å²) >= 11 is 0. The molecule has 0 aromatic carbocycles. The van der Waals surface area contributed by atoms with E-state index in [0.29, 0.717) is 44.8 Å². The number of nitrogens with zero attached hydrogens (tertiary/aromatic N) is 4. The number of rotatable bonds is 4. The maximum absolute atomic E-state index is 13.5. The smallest absolute Gasteiger partial charge is 0.244 e. The van der Waals surface area contributed by atoms with Crippen LogP contribution in [0.15, 0.2) is 42.9 Å². The molecule has 1 N–H and O–H groups in total. The van der Waals surface area contributed by atoms with Gasteiger partial charge in [0.2, 0.25) is 5.91 Å². The van der Waals surface area contributed by atoms with Gasteiger partial charge in [0.05, 0.1) is 18.9 Å². The number of likely N-dealkylation sites (tertiary alicyclic amines) is 1. The first kappa shape index (κ1) is 19.9. The van der Waals surface area contributed by atoms with Crippen LogP contribution in [0.1, 0.15) is 35.7 Å². The van der Waals surface area contributed by atoms with E-state index < -0.39 is 5.60 Å². The van der Waals surface area contributed by atoms with E-state index >= 15 is 0 Å². The van der Waals surface area contributed by atoms with Gasteiger partial charge in [-0.1, -0.05) is 12.1 Å². The van der Waals surface area contributed by atoms with Crippen molar-refractivity contribution in [2.24, 2.45) is 0 Å². The van der Waals surface area contributed by atoms with E-state index in [4.69, 9.17) is 4.74 Å². The zero-order valence-corrected chi connectivity index (χ0v) is 16.8. The van der Waals surface area contributed by atoms with Crippen molar-refractivity contribution in [2.45, 2.75) is 31.4 Å². The lowest BCUT2D eigenvalue weighted by atomic mass is 9.87. The van der Waals surface area contributed by atoms with Gasteiger partial charge in [0.15, 0.2) is 0 Å². The lowest BCUT2D eigenvalue weighted by molar-refractivity contribution is -0.143. The van der Waals surface area contributed by atoms with Gasteiger partial charge in [-0.25, -0.2) is 0 Å². The number of morpholine rings is 1. The average molecular weight is 396 g/mol. The Morgan fingerprint density at radius 3 is 2.52 bits per heavy atom. The molecule has 4 rings (SSSR count). The Labute approximate surface area is 171 Å². The lowest BCUT2D eigenvalue weighted by Crippen LogP contribution is -2.51. The van der Waals surface area contributed by atoms with E-state index in [1.165, 1.54) is 0 Å². The minimum atomic E-state index is -0.979. The molecule has 2 saturated heterocycles. The highest BCUT2D eigenvalue weighted by Gasteiger charge is 2.39. The second-order valence-corrected chi connectivity index (χ2v) is 7.91. The molecule has 2 aromatic heterocycles. The third-order valence-corrected chi connectivity index (χ3v) is 5.94. The zero-order chi connectivity index (χ0) is 20.3. The van der Waals surface area contributed by atoms with Crippen LogP contribution in [0.25, 0.3) is 0 Å². The number of pyridine rings is 2. The molecule has 154 valence electrons. The van der Waals surface area contributed by atoms with Crippen LogP contribution in [-0.4, -0.2) is 70.2 Å². The largest absolute Gasteiger partial charge is 0.383 e. The number of ether oxygens (including phenoxy) is 1. The molecule has 4 heterocycles. The van der Waals surface area contributed by atoms with Crippen LogP contribution in [0.3, 0.4) is 0 Å². The molecule has 0 aliphatic carbocycles. The summed E-state index contributed by atoms with van der Waals surface area (Å²) < 4.78 is 5.47. The van der Waals surface area contributed by atoms with Gasteiger partial charge in [-0.05, 0) is 43.0 Å². The van der Waals surface area contributed by atoms with Gasteiger partial charge >= 0.3 is 0 Å². The van der Waals surface area contributed by atoms with Crippen LogP contribution < -0.4 is 0 Å². The Kier molecular flexibility index (Phi) is 5.89. The summed E-state index contributed by atoms with van der Waals surface area (Å²) in [6, 6.07) is 7.32. The standard InChI is InChI=1S/C22H28N4O3/c1-17-4-5-19(24-15-17)22(28)6-9-26(10-7-22)21(27)20(18-3-2-8-23-16-18)25-11-13-29-14-12-25/h2-5,8,15-16,20,28H,6-7,9-14H2,1H3/t20-/m1/s1. The van der Waals surface area contributed by atoms with Crippen molar-refractivity contribution in [1.29, 1.82) is 0 Å². The summed E-state index contributed by atoms with van der Waals surface area (Å²) in [7, 11) is 0. The predicted molar refractivity (Wildman–Crippen MR) is 108 cm³/mol. The van der Waals surface area contributed by atoms with Crippen molar-refractivity contribution in [2.75, 3.05) is 39.4 Å². The van der Waals surface area contributed by atoms with Crippen LogP contribution in [0.2, 0.25) is 0 Å². The minimum Gasteiger partial charge on any atom is -0.383 e. The molecule has 7 nitrogen and oxygen atoms in total. The van der Waals surface area contributed by atoms with Crippen molar-refractivity contribution < 1.29 is 14.6 Å². The Hall–Kier alpha value is -2.35. The molecule has 2 aromatic rings. The highest BCUT2D eigenvalue weighted by molar-refractivity contribution is 5.83. The molecule has 2 fully saturated rings. The molecule has 2 aliphatic heterocycles. The molecule has 0 bridgehead atoms. The topological polar surface area (TPSA) is 78.8 Å². The normalized spacial score (nSPS) is 21.0. The summed E-state index contributed by atoms with van der Waals surface area (Å²) in [6.45, 7) is 5.68. The van der Waals surface area contributed by atoms with Gasteiger partial charge in [0.25, 0.3) is 0 Å². The monoisotopic (exact) mass is 396 g/mol. The predicted octanol–water partition coefficient (Wildman–Crippen LogP) is 1.67. The fourth-order valence-corrected chi connectivity index (χ4v) is 4.15. The number of hydrogen-bond donors (Lipinski definition) is 1. The van der Waals surface area contributed by atoms with Gasteiger partial charge in [0.1, 0.15) is 11.6 Å². The molecule has 1 amide bonds. The van der Waals surface area contributed by atoms with Crippen LogP contribution >= 0.6 is 0 Å². The molecule has 7 heteroatoms. The molecule has 1 atom stereocenters. The van der Waals surface area contributed by atoms with E-state index in [0.717, 1.165) is 24.2 Å². The fraction of sp³-hybridized carbons (Fsp3) is 0.500. The molecule has 0 saturated carbocycles. The number of aromatic nitrogens is 2. The van der Waals surface area contributed by atoms with Crippen molar-refractivity contribution in [3.05, 3.63) is 59.7 Å². The van der Waals surface area contributed by atoms with Crippen molar-refractivity contribution in [1.82, 2.24) is 19.8 Å². The van der Waals surface area contributed by atoms with Gasteiger partial charge in [-0.2, -0.15) is 0 Å². The summed E-state index contributed by atoms with van der Waals surface area (Å²) in [6.07, 6.45) is 6.24. The van der Waals surface area contributed by atoms with Crippen molar-refractivity contribution >= 4 is 5.91 Å². The first-order valence-corrected chi connectivity index (χ1v) is 10.2. The number of amides is 1. The lowest BCUT2D eigenvalue weighted by Gasteiger charge is -2.41. The van der Waals surface area contributed by atoms with Crippen LogP contribution in [0, 0.1) is 6.92 Å². The first-order valence-electron chi connectivity index (χ1n) is 10.2. The maximum atomic E-state index is 13.5. The van der Waals surface area contributed by atoms with E-state index in [-0.39, 0.29) is 11.9 Å². The van der Waals surface area contributed by atoms with Crippen LogP contribution in [-0.2, 0) is 15.1 Å². The third kappa shape index (κ3) is 4.32. The van der Waals surface area contributed by atoms with Crippen LogP contribution in [0.4, 0.5) is 0 Å². The van der Waals surface area contributed by atoms with Gasteiger partial charge < -0.3 is 14.7 Å². The molecular weight excluding hydrogens is 368 g/mol. The quantitative estimate of drug-likeness (QED) is 0.847. The molecule has 0 unspecified atom stereocenters. The summed E-state index contributed by atoms with van der Waals surface area (Å²) in [4.78, 5) is 26.2. The summed E-state index contributed by atoms with van der Waals surface area (Å²) in [5, 5.41) is 11.1. The molecular formula is C22H28N4O3. The Morgan fingerprint density at radius 2 is 1.90 bits per heavy atom. The zero-order valence-electron chi connectivity index (χ0n) is 16.8. The highest BCUT2D eigenvalue weighted by Crippen LogP contribution is 2.33. The van der Waals surface area contributed by atoms with Crippen molar-refractivity contribution in [3.8, 4) is 0 Å². The second kappa shape index (κ2) is 8.57. The van der Waals surface area contributed by atoms with Crippen molar-refractivity contribution in [3.63, 3.8) is 0 Å². The van der Waals surface area contributed by atoms with Gasteiger partial charge in [-0.15, -0.1) is 0 Å². The highest BCUT2D eigenvalue weighted by atomic mass is 16.5. The number of carbonyl (C=O) groups is 1.